The molecule has 232 valence electrons. The van der Waals surface area contributed by atoms with Crippen LogP contribution in [0.2, 0.25) is 5.02 Å². The van der Waals surface area contributed by atoms with Crippen LogP contribution in [-0.4, -0.2) is 79.3 Å². The third kappa shape index (κ3) is 7.42. The molecule has 2 N–H and O–H groups in total. The number of ether oxygens (including phenoxy) is 1. The van der Waals surface area contributed by atoms with Crippen LogP contribution in [0.5, 0.6) is 5.75 Å². The highest BCUT2D eigenvalue weighted by molar-refractivity contribution is 7.92. The summed E-state index contributed by atoms with van der Waals surface area (Å²) in [4.78, 5) is 14.4. The number of rotatable bonds is 11. The zero-order valence-corrected chi connectivity index (χ0v) is 27.1. The lowest BCUT2D eigenvalue weighted by Gasteiger charge is -2.38. The van der Waals surface area contributed by atoms with Gasteiger partial charge in [-0.15, -0.1) is 0 Å². The highest BCUT2D eigenvalue weighted by atomic mass is 35.5. The number of anilines is 4. The summed E-state index contributed by atoms with van der Waals surface area (Å²) in [7, 11) is -1.87. The van der Waals surface area contributed by atoms with E-state index in [0.29, 0.717) is 23.2 Å². The van der Waals surface area contributed by atoms with Gasteiger partial charge in [-0.2, -0.15) is 4.98 Å². The molecule has 43 heavy (non-hydrogen) atoms. The summed E-state index contributed by atoms with van der Waals surface area (Å²) in [5, 5.41) is 6.07. The molecule has 1 aliphatic heterocycles. The summed E-state index contributed by atoms with van der Waals surface area (Å²) in [6.45, 7) is 11.1. The van der Waals surface area contributed by atoms with E-state index >= 15 is 0 Å². The first-order valence-corrected chi connectivity index (χ1v) is 17.1. The highest BCUT2D eigenvalue weighted by Gasteiger charge is 2.26. The molecule has 3 aromatic rings. The summed E-state index contributed by atoms with van der Waals surface area (Å²) in [5.74, 6) is 1.31. The Bertz CT molecular complexity index is 1520. The minimum Gasteiger partial charge on any atom is -0.495 e. The van der Waals surface area contributed by atoms with E-state index < -0.39 is 15.1 Å². The van der Waals surface area contributed by atoms with Crippen LogP contribution in [0.3, 0.4) is 0 Å². The van der Waals surface area contributed by atoms with Gasteiger partial charge in [-0.3, -0.25) is 4.90 Å². The van der Waals surface area contributed by atoms with E-state index in [-0.39, 0.29) is 9.92 Å². The normalized spacial score (nSPS) is 17.0. The Kier molecular flexibility index (Phi) is 10.1. The van der Waals surface area contributed by atoms with E-state index in [1.54, 1.807) is 45.2 Å². The second-order valence-electron chi connectivity index (χ2n) is 11.8. The summed E-state index contributed by atoms with van der Waals surface area (Å²) < 4.78 is 31.6. The number of hydrogen-bond donors (Lipinski definition) is 2. The second kappa shape index (κ2) is 13.8. The number of sulfone groups is 1. The van der Waals surface area contributed by atoms with E-state index in [4.69, 9.17) is 16.3 Å². The standard InChI is InChI=1S/C32H43ClN6O3S/c1-22(2)43(40,41)30-12-8-7-11-27(30)35-31-26(33)21-34-32(37-31)36-28-19-23(3)24(20-29(28)42-4)13-14-38-15-17-39(18-16-38)25-9-5-6-10-25/h7-8,11-12,19-22,25H,5-6,9-10,13-18H2,1-4H3,(H2,34,35,36,37). The molecule has 2 fully saturated rings. The smallest absolute Gasteiger partial charge is 0.229 e. The summed E-state index contributed by atoms with van der Waals surface area (Å²) in [6.07, 6.45) is 7.95. The molecule has 1 aromatic heterocycles. The molecule has 0 amide bonds. The van der Waals surface area contributed by atoms with Crippen LogP contribution in [0.1, 0.15) is 50.7 Å². The minimum atomic E-state index is -3.52. The molecule has 2 aliphatic rings. The zero-order valence-electron chi connectivity index (χ0n) is 25.6. The first-order chi connectivity index (χ1) is 20.7. The van der Waals surface area contributed by atoms with E-state index in [1.807, 2.05) is 0 Å². The van der Waals surface area contributed by atoms with Gasteiger partial charge in [0.05, 0.1) is 34.8 Å². The van der Waals surface area contributed by atoms with Crippen LogP contribution >= 0.6 is 11.6 Å². The van der Waals surface area contributed by atoms with Crippen LogP contribution in [0.25, 0.3) is 0 Å². The van der Waals surface area contributed by atoms with Gasteiger partial charge >= 0.3 is 0 Å². The molecule has 9 nitrogen and oxygen atoms in total. The van der Waals surface area contributed by atoms with Crippen LogP contribution in [-0.2, 0) is 16.3 Å². The van der Waals surface area contributed by atoms with Crippen molar-refractivity contribution in [1.29, 1.82) is 0 Å². The number of aromatic nitrogens is 2. The molecule has 11 heteroatoms. The molecule has 0 bridgehead atoms. The lowest BCUT2D eigenvalue weighted by atomic mass is 10.0. The number of hydrogen-bond acceptors (Lipinski definition) is 9. The maximum atomic E-state index is 12.9. The first-order valence-electron chi connectivity index (χ1n) is 15.2. The summed E-state index contributed by atoms with van der Waals surface area (Å²) in [6, 6.07) is 11.7. The molecule has 0 radical (unpaired) electrons. The number of halogens is 1. The van der Waals surface area contributed by atoms with Crippen LogP contribution in [0.15, 0.2) is 47.5 Å². The maximum Gasteiger partial charge on any atom is 0.229 e. The highest BCUT2D eigenvalue weighted by Crippen LogP contribution is 2.33. The molecule has 0 unspecified atom stereocenters. The fourth-order valence-electron chi connectivity index (χ4n) is 6.00. The Morgan fingerprint density at radius 3 is 2.47 bits per heavy atom. The summed E-state index contributed by atoms with van der Waals surface area (Å²) in [5.41, 5.74) is 3.56. The van der Waals surface area contributed by atoms with E-state index in [0.717, 1.165) is 43.3 Å². The fraction of sp³-hybridized carbons (Fsp3) is 0.500. The van der Waals surface area contributed by atoms with Crippen LogP contribution in [0.4, 0.5) is 23.1 Å². The number of para-hydroxylation sites is 1. The summed E-state index contributed by atoms with van der Waals surface area (Å²) >= 11 is 6.43. The number of nitrogens with zero attached hydrogens (tertiary/aromatic N) is 4. The van der Waals surface area contributed by atoms with Gasteiger partial charge in [-0.05, 0) is 75.4 Å². The van der Waals surface area contributed by atoms with Gasteiger partial charge in [0.2, 0.25) is 5.95 Å². The molecule has 0 spiro atoms. The molecule has 5 rings (SSSR count). The molecule has 2 aromatic carbocycles. The average molecular weight is 627 g/mol. The van der Waals surface area contributed by atoms with E-state index in [2.05, 4.69) is 49.5 Å². The molecule has 1 saturated heterocycles. The molecule has 0 atom stereocenters. The van der Waals surface area contributed by atoms with Crippen molar-refractivity contribution < 1.29 is 13.2 Å². The maximum absolute atomic E-state index is 12.9. The Labute approximate surface area is 260 Å². The average Bonchev–Trinajstić information content (AvgIpc) is 3.54. The Morgan fingerprint density at radius 2 is 1.77 bits per heavy atom. The van der Waals surface area contributed by atoms with Gasteiger partial charge < -0.3 is 20.3 Å². The van der Waals surface area contributed by atoms with Gasteiger partial charge in [-0.25, -0.2) is 13.4 Å². The van der Waals surface area contributed by atoms with Gasteiger partial charge in [0.1, 0.15) is 10.8 Å². The third-order valence-electron chi connectivity index (χ3n) is 8.66. The Hall–Kier alpha value is -2.92. The number of aryl methyl sites for hydroxylation is 1. The minimum absolute atomic E-state index is 0.192. The molecule has 2 heterocycles. The van der Waals surface area contributed by atoms with Crippen LogP contribution < -0.4 is 15.4 Å². The Balaban J connectivity index is 1.26. The second-order valence-corrected chi connectivity index (χ2v) is 14.7. The fourth-order valence-corrected chi connectivity index (χ4v) is 7.34. The lowest BCUT2D eigenvalue weighted by Crippen LogP contribution is -2.50. The van der Waals surface area contributed by atoms with Crippen molar-refractivity contribution in [2.45, 2.75) is 69.1 Å². The molecule has 1 aliphatic carbocycles. The monoisotopic (exact) mass is 626 g/mol. The van der Waals surface area contributed by atoms with Crippen molar-refractivity contribution >= 4 is 44.6 Å². The van der Waals surface area contributed by atoms with Gasteiger partial charge in [0, 0.05) is 38.8 Å². The zero-order chi connectivity index (χ0) is 30.6. The van der Waals surface area contributed by atoms with Crippen molar-refractivity contribution in [3.63, 3.8) is 0 Å². The number of methoxy groups -OCH3 is 1. The third-order valence-corrected chi connectivity index (χ3v) is 11.1. The Morgan fingerprint density at radius 1 is 1.05 bits per heavy atom. The SMILES string of the molecule is COc1cc(CCN2CCN(C3CCCC3)CC2)c(C)cc1Nc1ncc(Cl)c(Nc2ccccc2S(=O)(=O)C(C)C)n1. The van der Waals surface area contributed by atoms with Crippen molar-refractivity contribution in [2.75, 3.05) is 50.5 Å². The number of benzene rings is 2. The molecular formula is C32H43ClN6O3S. The van der Waals surface area contributed by atoms with Crippen molar-refractivity contribution in [3.8, 4) is 5.75 Å². The van der Waals surface area contributed by atoms with E-state index in [1.165, 1.54) is 50.5 Å². The quantitative estimate of drug-likeness (QED) is 0.257. The van der Waals surface area contributed by atoms with Crippen molar-refractivity contribution in [1.82, 2.24) is 19.8 Å². The largest absolute Gasteiger partial charge is 0.495 e. The predicted octanol–water partition coefficient (Wildman–Crippen LogP) is 6.22. The number of piperazine rings is 1. The van der Waals surface area contributed by atoms with Gasteiger partial charge in [0.15, 0.2) is 15.7 Å². The van der Waals surface area contributed by atoms with Crippen molar-refractivity contribution in [3.05, 3.63) is 58.7 Å². The van der Waals surface area contributed by atoms with E-state index in [9.17, 15) is 8.42 Å². The predicted molar refractivity (Wildman–Crippen MR) is 174 cm³/mol. The lowest BCUT2D eigenvalue weighted by molar-refractivity contribution is 0.0986. The van der Waals surface area contributed by atoms with Crippen LogP contribution in [0, 0.1) is 6.92 Å². The molecule has 1 saturated carbocycles. The number of nitrogens with one attached hydrogen (secondary N) is 2. The topological polar surface area (TPSA) is 99.7 Å². The van der Waals surface area contributed by atoms with Gasteiger partial charge in [0.25, 0.3) is 0 Å². The van der Waals surface area contributed by atoms with Gasteiger partial charge in [-0.1, -0.05) is 36.6 Å². The molecular weight excluding hydrogens is 584 g/mol. The van der Waals surface area contributed by atoms with Crippen molar-refractivity contribution in [2.24, 2.45) is 0 Å². The first kappa shape index (κ1) is 31.5.